The number of unbranched alkanes of at least 4 members (excludes halogenated alkanes) is 51. The van der Waals surface area contributed by atoms with Crippen LogP contribution in [0.2, 0.25) is 0 Å². The van der Waals surface area contributed by atoms with Gasteiger partial charge in [0, 0.05) is 19.3 Å². The second-order valence-electron chi connectivity index (χ2n) is 24.9. The van der Waals surface area contributed by atoms with Crippen LogP contribution in [0.1, 0.15) is 406 Å². The summed E-state index contributed by atoms with van der Waals surface area (Å²) in [6, 6.07) is 0. The molecular formula is C75H140O6. The monoisotopic (exact) mass is 1140 g/mol. The van der Waals surface area contributed by atoms with E-state index in [0.717, 1.165) is 64.2 Å². The smallest absolute Gasteiger partial charge is 0.306 e. The summed E-state index contributed by atoms with van der Waals surface area (Å²) in [5.41, 5.74) is 0. The van der Waals surface area contributed by atoms with Crippen LogP contribution in [0.5, 0.6) is 0 Å². The van der Waals surface area contributed by atoms with E-state index in [9.17, 15) is 14.4 Å². The third-order valence-corrected chi connectivity index (χ3v) is 16.6. The fraction of sp³-hybridized carbons (Fsp3) is 0.880. The van der Waals surface area contributed by atoms with Crippen molar-refractivity contribution < 1.29 is 28.6 Å². The summed E-state index contributed by atoms with van der Waals surface area (Å²) in [4.78, 5) is 38.5. The van der Waals surface area contributed by atoms with Crippen LogP contribution in [0.25, 0.3) is 0 Å². The molecule has 0 aromatic rings. The van der Waals surface area contributed by atoms with Crippen LogP contribution in [0, 0.1) is 0 Å². The van der Waals surface area contributed by atoms with Crippen LogP contribution in [0.3, 0.4) is 0 Å². The minimum absolute atomic E-state index is 0.0686. The molecule has 0 amide bonds. The van der Waals surface area contributed by atoms with E-state index in [1.807, 2.05) is 0 Å². The van der Waals surface area contributed by atoms with E-state index >= 15 is 0 Å². The van der Waals surface area contributed by atoms with Gasteiger partial charge < -0.3 is 14.2 Å². The van der Waals surface area contributed by atoms with Gasteiger partial charge in [-0.25, -0.2) is 0 Å². The van der Waals surface area contributed by atoms with Gasteiger partial charge in [-0.15, -0.1) is 0 Å². The zero-order valence-corrected chi connectivity index (χ0v) is 54.8. The molecule has 0 N–H and O–H groups in total. The van der Waals surface area contributed by atoms with Gasteiger partial charge in [0.05, 0.1) is 0 Å². The van der Waals surface area contributed by atoms with Crippen molar-refractivity contribution in [2.45, 2.75) is 412 Å². The van der Waals surface area contributed by atoms with Crippen LogP contribution in [0.4, 0.5) is 0 Å². The SMILES string of the molecule is CCCCCCC/C=C\C/C=C\CCCCCCCCCCCCCC(=O)OCC(COC(=O)CCCCCCCCCCC/C=C\CCCCCCCC)OC(=O)CCCCCCCCCCCCCCCCCCCCCCC. The molecule has 1 atom stereocenters. The zero-order chi connectivity index (χ0) is 58.5. The zero-order valence-electron chi connectivity index (χ0n) is 54.8. The average Bonchev–Trinajstić information content (AvgIpc) is 3.47. The molecule has 0 heterocycles. The highest BCUT2D eigenvalue weighted by Gasteiger charge is 2.19. The van der Waals surface area contributed by atoms with Gasteiger partial charge in [0.15, 0.2) is 6.10 Å². The van der Waals surface area contributed by atoms with Gasteiger partial charge in [0.25, 0.3) is 0 Å². The third-order valence-electron chi connectivity index (χ3n) is 16.6. The van der Waals surface area contributed by atoms with Crippen LogP contribution in [-0.2, 0) is 28.6 Å². The van der Waals surface area contributed by atoms with Crippen molar-refractivity contribution in [2.24, 2.45) is 0 Å². The Morgan fingerprint density at radius 3 is 0.691 bits per heavy atom. The fourth-order valence-electron chi connectivity index (χ4n) is 11.1. The maximum Gasteiger partial charge on any atom is 0.306 e. The maximum absolute atomic E-state index is 13.0. The Balaban J connectivity index is 4.31. The minimum atomic E-state index is -0.773. The Labute approximate surface area is 506 Å². The summed E-state index contributed by atoms with van der Waals surface area (Å²) < 4.78 is 17.0. The molecule has 0 spiro atoms. The molecule has 476 valence electrons. The maximum atomic E-state index is 13.0. The number of ether oxygens (including phenoxy) is 3. The Bertz CT molecular complexity index is 1350. The van der Waals surface area contributed by atoms with E-state index in [1.165, 1.54) is 302 Å². The van der Waals surface area contributed by atoms with Crippen molar-refractivity contribution in [3.05, 3.63) is 36.5 Å². The average molecular weight is 1140 g/mol. The first-order valence-corrected chi connectivity index (χ1v) is 36.5. The van der Waals surface area contributed by atoms with E-state index in [2.05, 4.69) is 57.2 Å². The van der Waals surface area contributed by atoms with Gasteiger partial charge in [-0.05, 0) is 77.0 Å². The lowest BCUT2D eigenvalue weighted by Gasteiger charge is -2.18. The standard InChI is InChI=1S/C75H140O6/c1-4-7-10-13-16-19-22-25-28-31-34-36-37-39-41-44-47-50-53-56-59-62-65-68-74(77)80-71-72(70-79-73(76)67-64-61-58-55-52-49-46-43-40-33-30-27-24-21-18-15-12-9-6-3)81-75(78)69-66-63-60-57-54-51-48-45-42-38-35-32-29-26-23-20-17-14-11-8-5-2/h22,25,27,30-31,34,72H,4-21,23-24,26,28-29,32-33,35-71H2,1-3H3/b25-22-,30-27-,34-31-. The van der Waals surface area contributed by atoms with Crippen LogP contribution in [0.15, 0.2) is 36.5 Å². The molecule has 0 saturated carbocycles. The second-order valence-corrected chi connectivity index (χ2v) is 24.9. The first-order valence-electron chi connectivity index (χ1n) is 36.5. The Kier molecular flexibility index (Phi) is 68.1. The van der Waals surface area contributed by atoms with Gasteiger partial charge in [0.2, 0.25) is 0 Å². The predicted molar refractivity (Wildman–Crippen MR) is 353 cm³/mol. The van der Waals surface area contributed by atoms with Gasteiger partial charge in [-0.2, -0.15) is 0 Å². The first kappa shape index (κ1) is 78.6. The van der Waals surface area contributed by atoms with Gasteiger partial charge in [-0.3, -0.25) is 14.4 Å². The number of esters is 3. The van der Waals surface area contributed by atoms with Crippen molar-refractivity contribution in [1.82, 2.24) is 0 Å². The quantitative estimate of drug-likeness (QED) is 0.0261. The fourth-order valence-corrected chi connectivity index (χ4v) is 11.1. The molecule has 0 aliphatic rings. The van der Waals surface area contributed by atoms with Crippen molar-refractivity contribution in [2.75, 3.05) is 13.2 Å². The van der Waals surface area contributed by atoms with Gasteiger partial charge >= 0.3 is 17.9 Å². The molecule has 0 bridgehead atoms. The van der Waals surface area contributed by atoms with Crippen LogP contribution in [-0.4, -0.2) is 37.2 Å². The number of hydrogen-bond donors (Lipinski definition) is 0. The molecule has 1 unspecified atom stereocenters. The Morgan fingerprint density at radius 1 is 0.247 bits per heavy atom. The molecule has 0 aromatic carbocycles. The summed E-state index contributed by atoms with van der Waals surface area (Å²) in [6.45, 7) is 6.71. The summed E-state index contributed by atoms with van der Waals surface area (Å²) in [5, 5.41) is 0. The van der Waals surface area contributed by atoms with E-state index in [-0.39, 0.29) is 31.1 Å². The predicted octanol–water partition coefficient (Wildman–Crippen LogP) is 25.1. The Morgan fingerprint density at radius 2 is 0.444 bits per heavy atom. The molecule has 6 nitrogen and oxygen atoms in total. The van der Waals surface area contributed by atoms with Gasteiger partial charge in [-0.1, -0.05) is 346 Å². The number of carbonyl (C=O) groups excluding carboxylic acids is 3. The van der Waals surface area contributed by atoms with Crippen LogP contribution >= 0.6 is 0 Å². The summed E-state index contributed by atoms with van der Waals surface area (Å²) >= 11 is 0. The molecule has 0 fully saturated rings. The molecular weight excluding hydrogens is 997 g/mol. The van der Waals surface area contributed by atoms with E-state index in [1.54, 1.807) is 0 Å². The molecule has 81 heavy (non-hydrogen) atoms. The lowest BCUT2D eigenvalue weighted by molar-refractivity contribution is -0.167. The Hall–Kier alpha value is -2.37. The highest BCUT2D eigenvalue weighted by atomic mass is 16.6. The summed E-state index contributed by atoms with van der Waals surface area (Å²) in [7, 11) is 0. The largest absolute Gasteiger partial charge is 0.462 e. The van der Waals surface area contributed by atoms with Crippen molar-refractivity contribution in [1.29, 1.82) is 0 Å². The van der Waals surface area contributed by atoms with Crippen molar-refractivity contribution in [3.8, 4) is 0 Å². The van der Waals surface area contributed by atoms with E-state index < -0.39 is 6.10 Å². The lowest BCUT2D eigenvalue weighted by Crippen LogP contribution is -2.30. The molecule has 0 aliphatic carbocycles. The number of rotatable bonds is 68. The molecule has 0 aromatic heterocycles. The van der Waals surface area contributed by atoms with Crippen molar-refractivity contribution in [3.63, 3.8) is 0 Å². The molecule has 0 saturated heterocycles. The number of hydrogen-bond acceptors (Lipinski definition) is 6. The number of allylic oxidation sites excluding steroid dienone is 6. The summed E-state index contributed by atoms with van der Waals surface area (Å²) in [6.07, 6.45) is 87.4. The normalized spacial score (nSPS) is 12.2. The van der Waals surface area contributed by atoms with Crippen LogP contribution < -0.4 is 0 Å². The highest BCUT2D eigenvalue weighted by Crippen LogP contribution is 2.19. The molecule has 0 aliphatic heterocycles. The second kappa shape index (κ2) is 70.1. The minimum Gasteiger partial charge on any atom is -0.462 e. The van der Waals surface area contributed by atoms with Gasteiger partial charge in [0.1, 0.15) is 13.2 Å². The van der Waals surface area contributed by atoms with E-state index in [0.29, 0.717) is 19.3 Å². The highest BCUT2D eigenvalue weighted by molar-refractivity contribution is 5.71. The molecule has 6 heteroatoms. The number of carbonyl (C=O) groups is 3. The molecule has 0 radical (unpaired) electrons. The topological polar surface area (TPSA) is 78.9 Å². The van der Waals surface area contributed by atoms with Crippen molar-refractivity contribution >= 4 is 17.9 Å². The summed E-state index contributed by atoms with van der Waals surface area (Å²) in [5.74, 6) is -0.840. The lowest BCUT2D eigenvalue weighted by atomic mass is 10.0. The van der Waals surface area contributed by atoms with E-state index in [4.69, 9.17) is 14.2 Å². The molecule has 0 rings (SSSR count). The first-order chi connectivity index (χ1) is 40.0. The third kappa shape index (κ3) is 68.3.